The van der Waals surface area contributed by atoms with E-state index in [1.807, 2.05) is 18.2 Å². The molecule has 0 N–H and O–H groups in total. The summed E-state index contributed by atoms with van der Waals surface area (Å²) < 4.78 is 38.6. The third-order valence-corrected chi connectivity index (χ3v) is 7.34. The molecule has 1 aromatic carbocycles. The van der Waals surface area contributed by atoms with Crippen LogP contribution < -0.4 is 0 Å². The predicted molar refractivity (Wildman–Crippen MR) is 95.2 cm³/mol. The van der Waals surface area contributed by atoms with E-state index in [0.717, 1.165) is 0 Å². The first-order chi connectivity index (χ1) is 12.5. The van der Waals surface area contributed by atoms with Crippen LogP contribution in [-0.2, 0) is 14.8 Å². The van der Waals surface area contributed by atoms with Crippen LogP contribution in [0.15, 0.2) is 39.8 Å². The van der Waals surface area contributed by atoms with Crippen LogP contribution in [0.1, 0.15) is 23.1 Å². The fourth-order valence-corrected chi connectivity index (χ4v) is 5.72. The van der Waals surface area contributed by atoms with Crippen LogP contribution in [-0.4, -0.2) is 61.7 Å². The van der Waals surface area contributed by atoms with E-state index in [-0.39, 0.29) is 17.0 Å². The molecule has 2 saturated heterocycles. The summed E-state index contributed by atoms with van der Waals surface area (Å²) in [6.07, 6.45) is 0. The van der Waals surface area contributed by atoms with E-state index in [1.165, 1.54) is 9.87 Å². The Bertz CT molecular complexity index is 862. The van der Waals surface area contributed by atoms with Crippen LogP contribution >= 0.6 is 0 Å². The molecule has 7 nitrogen and oxygen atoms in total. The molecule has 2 atom stereocenters. The number of hydrogen-bond acceptors (Lipinski definition) is 6. The summed E-state index contributed by atoms with van der Waals surface area (Å²) in [5, 5.41) is 3.79. The van der Waals surface area contributed by atoms with Crippen molar-refractivity contribution in [2.45, 2.75) is 30.8 Å². The lowest BCUT2D eigenvalue weighted by Gasteiger charge is -2.47. The fraction of sp³-hybridized carbons (Fsp3) is 0.500. The smallest absolute Gasteiger partial charge is 0.248 e. The Morgan fingerprint density at radius 1 is 1.12 bits per heavy atom. The molecule has 0 spiro atoms. The van der Waals surface area contributed by atoms with E-state index in [1.54, 1.807) is 13.8 Å². The van der Waals surface area contributed by atoms with E-state index in [9.17, 15) is 8.42 Å². The van der Waals surface area contributed by atoms with Crippen LogP contribution in [0, 0.1) is 13.8 Å². The van der Waals surface area contributed by atoms with Crippen molar-refractivity contribution in [1.82, 2.24) is 14.4 Å². The Kier molecular flexibility index (Phi) is 4.60. The summed E-state index contributed by atoms with van der Waals surface area (Å²) in [5.74, 6) is 0.340. The van der Waals surface area contributed by atoms with Crippen molar-refractivity contribution in [3.63, 3.8) is 0 Å². The standard InChI is InChI=1S/C18H23N3O4S/c1-13-18(14(2)25-19-13)26(22,23)20-8-9-21-16(10-20)11-24-12-17(21)15-6-4-3-5-7-15/h3-7,16-17H,8-12H2,1-2H3/t16-,17-/m1/s1. The van der Waals surface area contributed by atoms with Crippen LogP contribution in [0.2, 0.25) is 0 Å². The molecule has 2 aromatic rings. The minimum atomic E-state index is -3.62. The number of ether oxygens (including phenoxy) is 1. The molecule has 26 heavy (non-hydrogen) atoms. The van der Waals surface area contributed by atoms with Gasteiger partial charge in [0.15, 0.2) is 5.76 Å². The lowest BCUT2D eigenvalue weighted by atomic mass is 10.0. The Morgan fingerprint density at radius 3 is 2.58 bits per heavy atom. The molecular weight excluding hydrogens is 354 g/mol. The van der Waals surface area contributed by atoms with Crippen LogP contribution in [0.4, 0.5) is 0 Å². The van der Waals surface area contributed by atoms with E-state index in [0.29, 0.717) is 44.3 Å². The SMILES string of the molecule is Cc1noc(C)c1S(=O)(=O)N1CCN2[C@@H](COC[C@@H]2c2ccccc2)C1. The van der Waals surface area contributed by atoms with Gasteiger partial charge in [-0.05, 0) is 19.4 Å². The zero-order valence-corrected chi connectivity index (χ0v) is 15.8. The van der Waals surface area contributed by atoms with Gasteiger partial charge < -0.3 is 9.26 Å². The van der Waals surface area contributed by atoms with Gasteiger partial charge in [-0.15, -0.1) is 0 Å². The molecule has 2 aliphatic rings. The number of benzene rings is 1. The monoisotopic (exact) mass is 377 g/mol. The molecule has 8 heteroatoms. The number of hydrogen-bond donors (Lipinski definition) is 0. The summed E-state index contributed by atoms with van der Waals surface area (Å²) in [4.78, 5) is 2.57. The highest BCUT2D eigenvalue weighted by Crippen LogP contribution is 2.32. The number of nitrogens with zero attached hydrogens (tertiary/aromatic N) is 3. The molecule has 2 fully saturated rings. The number of fused-ring (bicyclic) bond motifs is 1. The molecule has 0 aliphatic carbocycles. The van der Waals surface area contributed by atoms with Gasteiger partial charge in [-0.3, -0.25) is 4.90 Å². The number of piperazine rings is 1. The van der Waals surface area contributed by atoms with Gasteiger partial charge in [-0.1, -0.05) is 35.5 Å². The van der Waals surface area contributed by atoms with E-state index in [2.05, 4.69) is 22.2 Å². The Hall–Kier alpha value is -1.74. The van der Waals surface area contributed by atoms with Crippen molar-refractivity contribution in [2.75, 3.05) is 32.8 Å². The van der Waals surface area contributed by atoms with Crippen molar-refractivity contribution in [1.29, 1.82) is 0 Å². The maximum Gasteiger partial charge on any atom is 0.248 e. The average molecular weight is 377 g/mol. The zero-order chi connectivity index (χ0) is 18.3. The minimum Gasteiger partial charge on any atom is -0.378 e. The summed E-state index contributed by atoms with van der Waals surface area (Å²) in [5.41, 5.74) is 1.62. The van der Waals surface area contributed by atoms with Gasteiger partial charge in [-0.2, -0.15) is 4.31 Å². The number of aryl methyl sites for hydroxylation is 2. The molecule has 0 saturated carbocycles. The molecule has 0 bridgehead atoms. The molecule has 4 rings (SSSR count). The van der Waals surface area contributed by atoms with Crippen LogP contribution in [0.5, 0.6) is 0 Å². The first-order valence-corrected chi connectivity index (χ1v) is 10.2. The molecular formula is C18H23N3O4S. The minimum absolute atomic E-state index is 0.0398. The first kappa shape index (κ1) is 17.7. The van der Waals surface area contributed by atoms with Gasteiger partial charge in [0.05, 0.1) is 19.3 Å². The van der Waals surface area contributed by atoms with Gasteiger partial charge in [0.25, 0.3) is 0 Å². The molecule has 0 amide bonds. The molecule has 3 heterocycles. The Morgan fingerprint density at radius 2 is 1.88 bits per heavy atom. The maximum atomic E-state index is 13.1. The Labute approximate surface area is 153 Å². The maximum absolute atomic E-state index is 13.1. The van der Waals surface area contributed by atoms with E-state index < -0.39 is 10.0 Å². The first-order valence-electron chi connectivity index (χ1n) is 8.80. The van der Waals surface area contributed by atoms with Crippen LogP contribution in [0.3, 0.4) is 0 Å². The summed E-state index contributed by atoms with van der Waals surface area (Å²) >= 11 is 0. The topological polar surface area (TPSA) is 75.9 Å². The third-order valence-electron chi connectivity index (χ3n) is 5.23. The highest BCUT2D eigenvalue weighted by Gasteiger charge is 2.41. The van der Waals surface area contributed by atoms with Crippen molar-refractivity contribution in [2.24, 2.45) is 0 Å². The van der Waals surface area contributed by atoms with Gasteiger partial charge in [0, 0.05) is 25.7 Å². The molecule has 1 aromatic heterocycles. The second kappa shape index (κ2) is 6.77. The van der Waals surface area contributed by atoms with Crippen molar-refractivity contribution < 1.29 is 17.7 Å². The normalized spacial score (nSPS) is 25.2. The van der Waals surface area contributed by atoms with Gasteiger partial charge >= 0.3 is 0 Å². The zero-order valence-electron chi connectivity index (χ0n) is 15.0. The Balaban J connectivity index is 1.57. The highest BCUT2D eigenvalue weighted by atomic mass is 32.2. The van der Waals surface area contributed by atoms with Gasteiger partial charge in [-0.25, -0.2) is 8.42 Å². The molecule has 0 radical (unpaired) electrons. The van der Waals surface area contributed by atoms with E-state index in [4.69, 9.17) is 9.26 Å². The van der Waals surface area contributed by atoms with Crippen molar-refractivity contribution in [3.8, 4) is 0 Å². The van der Waals surface area contributed by atoms with Gasteiger partial charge in [0.2, 0.25) is 10.0 Å². The van der Waals surface area contributed by atoms with Gasteiger partial charge in [0.1, 0.15) is 10.6 Å². The van der Waals surface area contributed by atoms with Crippen LogP contribution in [0.25, 0.3) is 0 Å². The molecule has 2 aliphatic heterocycles. The third kappa shape index (κ3) is 2.96. The summed E-state index contributed by atoms with van der Waals surface area (Å²) in [6, 6.07) is 10.5. The van der Waals surface area contributed by atoms with E-state index >= 15 is 0 Å². The van der Waals surface area contributed by atoms with Crippen molar-refractivity contribution >= 4 is 10.0 Å². The molecule has 140 valence electrons. The number of aromatic nitrogens is 1. The summed E-state index contributed by atoms with van der Waals surface area (Å²) in [6.45, 7) is 6.01. The number of morpholine rings is 1. The molecule has 0 unspecified atom stereocenters. The quantitative estimate of drug-likeness (QED) is 0.811. The second-order valence-corrected chi connectivity index (χ2v) is 8.75. The number of sulfonamides is 1. The van der Waals surface area contributed by atoms with Crippen molar-refractivity contribution in [3.05, 3.63) is 47.3 Å². The second-order valence-electron chi connectivity index (χ2n) is 6.87. The largest absolute Gasteiger partial charge is 0.378 e. The summed E-state index contributed by atoms with van der Waals surface area (Å²) in [7, 11) is -3.62. The average Bonchev–Trinajstić information content (AvgIpc) is 3.00. The lowest BCUT2D eigenvalue weighted by molar-refractivity contribution is -0.0709. The number of rotatable bonds is 3. The highest BCUT2D eigenvalue weighted by molar-refractivity contribution is 7.89. The fourth-order valence-electron chi connectivity index (χ4n) is 3.96. The lowest BCUT2D eigenvalue weighted by Crippen LogP contribution is -2.59. The predicted octanol–water partition coefficient (Wildman–Crippen LogP) is 1.74.